The Kier molecular flexibility index (Phi) is 4.28. The van der Waals surface area contributed by atoms with Crippen molar-refractivity contribution < 1.29 is 0 Å². The first kappa shape index (κ1) is 12.4. The molecule has 3 heteroatoms. The summed E-state index contributed by atoms with van der Waals surface area (Å²) < 4.78 is 1.13. The van der Waals surface area contributed by atoms with Gasteiger partial charge in [-0.25, -0.2) is 0 Å². The van der Waals surface area contributed by atoms with Gasteiger partial charge in [0.15, 0.2) is 0 Å². The Labute approximate surface area is 111 Å². The molecule has 0 amide bonds. The molecule has 1 aliphatic rings. The number of hydrogen-bond donors (Lipinski definition) is 1. The van der Waals surface area contributed by atoms with Gasteiger partial charge >= 0.3 is 0 Å². The summed E-state index contributed by atoms with van der Waals surface area (Å²) >= 11 is 9.52. The molecule has 2 rings (SSSR count). The highest BCUT2D eigenvalue weighted by molar-refractivity contribution is 9.10. The first-order valence-electron chi connectivity index (χ1n) is 5.82. The van der Waals surface area contributed by atoms with Crippen LogP contribution in [0, 0.1) is 5.92 Å². The summed E-state index contributed by atoms with van der Waals surface area (Å²) in [6.07, 6.45) is 4.15. The van der Waals surface area contributed by atoms with E-state index < -0.39 is 0 Å². The van der Waals surface area contributed by atoms with Crippen LogP contribution >= 0.6 is 27.5 Å². The molecule has 1 aromatic carbocycles. The number of benzene rings is 1. The summed E-state index contributed by atoms with van der Waals surface area (Å²) in [7, 11) is 0. The minimum Gasteiger partial charge on any atom is -0.310 e. The van der Waals surface area contributed by atoms with E-state index in [2.05, 4.69) is 28.2 Å². The zero-order valence-corrected chi connectivity index (χ0v) is 11.8. The number of nitrogens with one attached hydrogen (secondary N) is 1. The molecule has 0 bridgehead atoms. The van der Waals surface area contributed by atoms with E-state index in [4.69, 9.17) is 11.6 Å². The van der Waals surface area contributed by atoms with Crippen molar-refractivity contribution in [3.63, 3.8) is 0 Å². The van der Waals surface area contributed by atoms with E-state index in [0.29, 0.717) is 6.04 Å². The van der Waals surface area contributed by atoms with Crippen molar-refractivity contribution in [3.8, 4) is 0 Å². The van der Waals surface area contributed by atoms with Crippen LogP contribution in [0.5, 0.6) is 0 Å². The maximum Gasteiger partial charge on any atom is 0.0410 e. The van der Waals surface area contributed by atoms with Gasteiger partial charge in [0.2, 0.25) is 0 Å². The number of halogens is 2. The van der Waals surface area contributed by atoms with Crippen molar-refractivity contribution in [3.05, 3.63) is 33.3 Å². The molecule has 88 valence electrons. The average Bonchev–Trinajstić information content (AvgIpc) is 3.03. The third-order valence-electron chi connectivity index (χ3n) is 3.03. The molecular weight excluding hydrogens is 286 g/mol. The minimum absolute atomic E-state index is 0.596. The van der Waals surface area contributed by atoms with Crippen LogP contribution in [-0.4, -0.2) is 6.04 Å². The van der Waals surface area contributed by atoms with E-state index in [9.17, 15) is 0 Å². The molecule has 1 fully saturated rings. The fourth-order valence-corrected chi connectivity index (χ4v) is 2.48. The Balaban J connectivity index is 1.85. The van der Waals surface area contributed by atoms with Crippen LogP contribution in [0.2, 0.25) is 5.02 Å². The second-order valence-corrected chi connectivity index (χ2v) is 5.99. The zero-order valence-electron chi connectivity index (χ0n) is 9.47. The third kappa shape index (κ3) is 3.76. The van der Waals surface area contributed by atoms with Crippen molar-refractivity contribution in [2.24, 2.45) is 5.92 Å². The number of hydrogen-bond acceptors (Lipinski definition) is 1. The van der Waals surface area contributed by atoms with Crippen LogP contribution in [0.1, 0.15) is 31.7 Å². The van der Waals surface area contributed by atoms with Crippen LogP contribution in [0.15, 0.2) is 22.7 Å². The lowest BCUT2D eigenvalue weighted by molar-refractivity contribution is 0.487. The van der Waals surface area contributed by atoms with E-state index in [1.165, 1.54) is 24.8 Å². The molecule has 0 aromatic heterocycles. The van der Waals surface area contributed by atoms with Gasteiger partial charge in [-0.1, -0.05) is 40.4 Å². The normalized spacial score (nSPS) is 17.4. The molecule has 0 aliphatic heterocycles. The molecule has 0 saturated heterocycles. The maximum absolute atomic E-state index is 5.98. The van der Waals surface area contributed by atoms with Crippen LogP contribution in [-0.2, 0) is 6.54 Å². The van der Waals surface area contributed by atoms with E-state index in [1.54, 1.807) is 0 Å². The Hall–Kier alpha value is -0.0500. The average molecular weight is 303 g/mol. The lowest BCUT2D eigenvalue weighted by Crippen LogP contribution is -2.26. The van der Waals surface area contributed by atoms with Crippen molar-refractivity contribution >= 4 is 27.5 Å². The Morgan fingerprint density at radius 3 is 2.94 bits per heavy atom. The molecule has 1 aromatic rings. The van der Waals surface area contributed by atoms with Crippen LogP contribution < -0.4 is 5.32 Å². The summed E-state index contributed by atoms with van der Waals surface area (Å²) in [6.45, 7) is 3.14. The van der Waals surface area contributed by atoms with E-state index >= 15 is 0 Å². The summed E-state index contributed by atoms with van der Waals surface area (Å²) in [5.74, 6) is 0.977. The smallest absolute Gasteiger partial charge is 0.0410 e. The predicted octanol–water partition coefficient (Wildman–Crippen LogP) is 4.38. The monoisotopic (exact) mass is 301 g/mol. The molecule has 1 atom stereocenters. The van der Waals surface area contributed by atoms with Crippen molar-refractivity contribution in [2.75, 3.05) is 0 Å². The summed E-state index contributed by atoms with van der Waals surface area (Å²) in [6, 6.07) is 6.52. The highest BCUT2D eigenvalue weighted by Gasteiger charge is 2.23. The molecule has 0 heterocycles. The predicted molar refractivity (Wildman–Crippen MR) is 72.8 cm³/mol. The van der Waals surface area contributed by atoms with E-state index in [1.807, 2.05) is 18.2 Å². The van der Waals surface area contributed by atoms with E-state index in [0.717, 1.165) is 22.0 Å². The molecule has 1 saturated carbocycles. The second kappa shape index (κ2) is 5.52. The standard InChI is InChI=1S/C13H17BrClN/c1-9(6-10-2-3-10)16-8-11-7-12(15)4-5-13(11)14/h4-5,7,9-10,16H,2-3,6,8H2,1H3. The van der Waals surface area contributed by atoms with Gasteiger partial charge in [0.25, 0.3) is 0 Å². The van der Waals surface area contributed by atoms with Gasteiger partial charge in [-0.15, -0.1) is 0 Å². The topological polar surface area (TPSA) is 12.0 Å². The minimum atomic E-state index is 0.596. The molecule has 1 unspecified atom stereocenters. The molecule has 0 spiro atoms. The second-order valence-electron chi connectivity index (χ2n) is 4.70. The van der Waals surface area contributed by atoms with E-state index in [-0.39, 0.29) is 0 Å². The first-order chi connectivity index (χ1) is 7.65. The van der Waals surface area contributed by atoms with Gasteiger partial charge in [-0.05, 0) is 43.0 Å². The number of rotatable bonds is 5. The molecule has 1 N–H and O–H groups in total. The van der Waals surface area contributed by atoms with Crippen LogP contribution in [0.4, 0.5) is 0 Å². The lowest BCUT2D eigenvalue weighted by Gasteiger charge is -2.14. The highest BCUT2D eigenvalue weighted by atomic mass is 79.9. The quantitative estimate of drug-likeness (QED) is 0.851. The Morgan fingerprint density at radius 1 is 1.50 bits per heavy atom. The van der Waals surface area contributed by atoms with Crippen molar-refractivity contribution in [1.82, 2.24) is 5.32 Å². The van der Waals surface area contributed by atoms with Gasteiger partial charge in [0, 0.05) is 22.1 Å². The van der Waals surface area contributed by atoms with Gasteiger partial charge in [-0.2, -0.15) is 0 Å². The largest absolute Gasteiger partial charge is 0.310 e. The SMILES string of the molecule is CC(CC1CC1)NCc1cc(Cl)ccc1Br. The Bertz CT molecular complexity index is 363. The molecule has 1 aliphatic carbocycles. The van der Waals surface area contributed by atoms with Crippen LogP contribution in [0.3, 0.4) is 0 Å². The summed E-state index contributed by atoms with van der Waals surface area (Å²) in [5.41, 5.74) is 1.23. The Morgan fingerprint density at radius 2 is 2.25 bits per heavy atom. The summed E-state index contributed by atoms with van der Waals surface area (Å²) in [5, 5.41) is 4.35. The lowest BCUT2D eigenvalue weighted by atomic mass is 10.1. The third-order valence-corrected chi connectivity index (χ3v) is 4.04. The van der Waals surface area contributed by atoms with Gasteiger partial charge in [-0.3, -0.25) is 0 Å². The van der Waals surface area contributed by atoms with Gasteiger partial charge < -0.3 is 5.32 Å². The first-order valence-corrected chi connectivity index (χ1v) is 6.99. The van der Waals surface area contributed by atoms with Crippen molar-refractivity contribution in [2.45, 2.75) is 38.8 Å². The molecule has 0 radical (unpaired) electrons. The zero-order chi connectivity index (χ0) is 11.5. The summed E-state index contributed by atoms with van der Waals surface area (Å²) in [4.78, 5) is 0. The molecule has 1 nitrogen and oxygen atoms in total. The van der Waals surface area contributed by atoms with Gasteiger partial charge in [0.05, 0.1) is 0 Å². The molecular formula is C13H17BrClN. The van der Waals surface area contributed by atoms with Crippen LogP contribution in [0.25, 0.3) is 0 Å². The fraction of sp³-hybridized carbons (Fsp3) is 0.538. The highest BCUT2D eigenvalue weighted by Crippen LogP contribution is 2.33. The molecule has 16 heavy (non-hydrogen) atoms. The fourth-order valence-electron chi connectivity index (χ4n) is 1.90. The van der Waals surface area contributed by atoms with Gasteiger partial charge in [0.1, 0.15) is 0 Å². The maximum atomic E-state index is 5.98. The van der Waals surface area contributed by atoms with Crippen molar-refractivity contribution in [1.29, 1.82) is 0 Å².